The van der Waals surface area contributed by atoms with Gasteiger partial charge in [-0.2, -0.15) is 5.10 Å². The van der Waals surface area contributed by atoms with Crippen LogP contribution in [0.5, 0.6) is 0 Å². The highest BCUT2D eigenvalue weighted by Crippen LogP contribution is 2.32. The minimum absolute atomic E-state index is 0.0216. The molecule has 0 atom stereocenters. The number of rotatable bonds is 3. The first-order chi connectivity index (χ1) is 12.4. The van der Waals surface area contributed by atoms with E-state index in [2.05, 4.69) is 28.3 Å². The summed E-state index contributed by atoms with van der Waals surface area (Å²) in [4.78, 5) is 22.8. The lowest BCUT2D eigenvalue weighted by molar-refractivity contribution is -0.123. The maximum atomic E-state index is 12.2. The third-order valence-electron chi connectivity index (χ3n) is 4.97. The number of anilines is 1. The largest absolute Gasteiger partial charge is 0.483 e. The number of nitrogens with one attached hydrogen (secondary N) is 1. The predicted octanol–water partition coefficient (Wildman–Crippen LogP) is 1.57. The van der Waals surface area contributed by atoms with Gasteiger partial charge < -0.3 is 15.2 Å². The molecule has 1 amide bonds. The number of hydrogen-bond acceptors (Lipinski definition) is 5. The monoisotopic (exact) mass is 364 g/mol. The number of ether oxygens (including phenoxy) is 1. The van der Waals surface area contributed by atoms with Gasteiger partial charge in [0.1, 0.15) is 0 Å². The molecule has 3 heterocycles. The highest BCUT2D eigenvalue weighted by Gasteiger charge is 2.35. The van der Waals surface area contributed by atoms with Crippen molar-refractivity contribution in [2.45, 2.75) is 38.7 Å². The van der Waals surface area contributed by atoms with Gasteiger partial charge in [-0.05, 0) is 33.1 Å². The van der Waals surface area contributed by atoms with Gasteiger partial charge in [0.25, 0.3) is 6.47 Å². The summed E-state index contributed by atoms with van der Waals surface area (Å²) in [5, 5.41) is 14.0. The lowest BCUT2D eigenvalue weighted by Crippen LogP contribution is -2.48. The van der Waals surface area contributed by atoms with Crippen molar-refractivity contribution < 1.29 is 19.4 Å². The zero-order valence-corrected chi connectivity index (χ0v) is 15.7. The van der Waals surface area contributed by atoms with Gasteiger partial charge in [0.2, 0.25) is 5.91 Å². The number of aryl methyl sites for hydroxylation is 1. The van der Waals surface area contributed by atoms with Crippen molar-refractivity contribution >= 4 is 18.1 Å². The second kappa shape index (κ2) is 8.95. The third kappa shape index (κ3) is 5.15. The van der Waals surface area contributed by atoms with Crippen molar-refractivity contribution in [1.82, 2.24) is 14.7 Å². The summed E-state index contributed by atoms with van der Waals surface area (Å²) >= 11 is 0. The number of aromatic nitrogens is 2. The van der Waals surface area contributed by atoms with Crippen LogP contribution in [0.2, 0.25) is 0 Å². The van der Waals surface area contributed by atoms with E-state index in [4.69, 9.17) is 14.6 Å². The number of carbonyl (C=O) groups is 2. The van der Waals surface area contributed by atoms with E-state index in [1.165, 1.54) is 5.57 Å². The number of nitrogens with zero attached hydrogens (tertiary/aromatic N) is 3. The first-order valence-corrected chi connectivity index (χ1v) is 8.80. The zero-order valence-electron chi connectivity index (χ0n) is 15.7. The molecular weight excluding hydrogens is 336 g/mol. The van der Waals surface area contributed by atoms with Gasteiger partial charge in [-0.15, -0.1) is 0 Å². The van der Waals surface area contributed by atoms with E-state index in [1.54, 1.807) is 10.9 Å². The SMILES string of the molecule is CC1=CC2(CCN(CC(=O)Nc3cnn(C)c3C)CC2)OCC1.O=CO. The molecule has 2 aliphatic heterocycles. The lowest BCUT2D eigenvalue weighted by Gasteiger charge is -2.42. The number of likely N-dealkylation sites (tertiary alicyclic amines) is 1. The van der Waals surface area contributed by atoms with Crippen LogP contribution in [-0.2, 0) is 21.4 Å². The van der Waals surface area contributed by atoms with Crippen LogP contribution < -0.4 is 5.32 Å². The molecule has 2 aliphatic rings. The number of carbonyl (C=O) groups excluding carboxylic acids is 1. The summed E-state index contributed by atoms with van der Waals surface area (Å²) in [6, 6.07) is 0. The number of hydrogen-bond donors (Lipinski definition) is 2. The molecule has 1 spiro atoms. The van der Waals surface area contributed by atoms with Crippen molar-refractivity contribution in [2.24, 2.45) is 7.05 Å². The van der Waals surface area contributed by atoms with Crippen LogP contribution >= 0.6 is 0 Å². The molecule has 144 valence electrons. The molecule has 0 bridgehead atoms. The Morgan fingerprint density at radius 2 is 2.08 bits per heavy atom. The molecule has 8 heteroatoms. The van der Waals surface area contributed by atoms with Crippen LogP contribution in [0.3, 0.4) is 0 Å². The molecule has 2 N–H and O–H groups in total. The van der Waals surface area contributed by atoms with Gasteiger partial charge in [-0.1, -0.05) is 11.6 Å². The van der Waals surface area contributed by atoms with Crippen LogP contribution in [0.25, 0.3) is 0 Å². The highest BCUT2D eigenvalue weighted by molar-refractivity contribution is 5.92. The summed E-state index contributed by atoms with van der Waals surface area (Å²) < 4.78 is 7.79. The normalized spacial score (nSPS) is 19.3. The Balaban J connectivity index is 0.000000758. The van der Waals surface area contributed by atoms with E-state index in [0.29, 0.717) is 6.54 Å². The topological polar surface area (TPSA) is 96.7 Å². The Morgan fingerprint density at radius 1 is 1.42 bits per heavy atom. The van der Waals surface area contributed by atoms with E-state index in [1.807, 2.05) is 14.0 Å². The molecule has 1 fully saturated rings. The molecule has 0 saturated carbocycles. The Morgan fingerprint density at radius 3 is 2.62 bits per heavy atom. The fourth-order valence-corrected chi connectivity index (χ4v) is 3.37. The molecule has 0 unspecified atom stereocenters. The Hall–Kier alpha value is -2.19. The van der Waals surface area contributed by atoms with Crippen molar-refractivity contribution in [3.05, 3.63) is 23.5 Å². The van der Waals surface area contributed by atoms with E-state index in [0.717, 1.165) is 50.3 Å². The van der Waals surface area contributed by atoms with Crippen molar-refractivity contribution in [3.63, 3.8) is 0 Å². The molecule has 1 saturated heterocycles. The first-order valence-electron chi connectivity index (χ1n) is 8.80. The molecule has 1 aromatic heterocycles. The second-order valence-electron chi connectivity index (χ2n) is 6.85. The van der Waals surface area contributed by atoms with Gasteiger partial charge in [0, 0.05) is 20.1 Å². The van der Waals surface area contributed by atoms with E-state index < -0.39 is 0 Å². The van der Waals surface area contributed by atoms with Crippen molar-refractivity contribution in [1.29, 1.82) is 0 Å². The molecule has 26 heavy (non-hydrogen) atoms. The van der Waals surface area contributed by atoms with Gasteiger partial charge in [-0.3, -0.25) is 19.2 Å². The fourth-order valence-electron chi connectivity index (χ4n) is 3.37. The molecule has 0 aromatic carbocycles. The number of amides is 1. The Bertz CT molecular complexity index is 660. The van der Waals surface area contributed by atoms with Crippen LogP contribution in [0.4, 0.5) is 5.69 Å². The summed E-state index contributed by atoms with van der Waals surface area (Å²) in [6.07, 6.45) is 6.96. The van der Waals surface area contributed by atoms with Gasteiger partial charge in [-0.25, -0.2) is 0 Å². The Labute approximate surface area is 153 Å². The average Bonchev–Trinajstić information content (AvgIpc) is 2.90. The third-order valence-corrected chi connectivity index (χ3v) is 4.97. The molecule has 8 nitrogen and oxygen atoms in total. The Kier molecular flexibility index (Phi) is 6.93. The molecule has 3 rings (SSSR count). The summed E-state index contributed by atoms with van der Waals surface area (Å²) in [6.45, 7) is 6.91. The maximum absolute atomic E-state index is 12.2. The smallest absolute Gasteiger partial charge is 0.290 e. The van der Waals surface area contributed by atoms with Gasteiger partial charge in [0.15, 0.2) is 0 Å². The minimum atomic E-state index is -0.250. The standard InChI is InChI=1S/C17H26N4O2.CH2O2/c1-13-4-9-23-17(10-13)5-7-21(8-6-17)12-16(22)19-15-11-18-20(3)14(15)2;2-1-3/h10-11H,4-9,12H2,1-3H3,(H,19,22);1H,(H,2,3). The molecule has 0 aliphatic carbocycles. The van der Waals surface area contributed by atoms with Gasteiger partial charge in [0.05, 0.1) is 36.3 Å². The van der Waals surface area contributed by atoms with E-state index in [-0.39, 0.29) is 18.0 Å². The zero-order chi connectivity index (χ0) is 19.2. The summed E-state index contributed by atoms with van der Waals surface area (Å²) in [5.41, 5.74) is 3.09. The van der Waals surface area contributed by atoms with Crippen LogP contribution in [-0.4, -0.2) is 64.0 Å². The van der Waals surface area contributed by atoms with Crippen molar-refractivity contribution in [3.8, 4) is 0 Å². The maximum Gasteiger partial charge on any atom is 0.290 e. The van der Waals surface area contributed by atoms with Crippen molar-refractivity contribution in [2.75, 3.05) is 31.6 Å². The summed E-state index contributed by atoms with van der Waals surface area (Å²) in [7, 11) is 1.87. The van der Waals surface area contributed by atoms with E-state index in [9.17, 15) is 4.79 Å². The van der Waals surface area contributed by atoms with Gasteiger partial charge >= 0.3 is 0 Å². The fraction of sp³-hybridized carbons (Fsp3) is 0.611. The quantitative estimate of drug-likeness (QED) is 0.624. The second-order valence-corrected chi connectivity index (χ2v) is 6.85. The molecule has 1 aromatic rings. The van der Waals surface area contributed by atoms with Crippen LogP contribution in [0.1, 0.15) is 31.9 Å². The lowest BCUT2D eigenvalue weighted by atomic mass is 9.87. The predicted molar refractivity (Wildman–Crippen MR) is 98.0 cm³/mol. The number of carboxylic acid groups (broad SMARTS) is 1. The average molecular weight is 364 g/mol. The minimum Gasteiger partial charge on any atom is -0.483 e. The summed E-state index contributed by atoms with van der Waals surface area (Å²) in [5.74, 6) is 0.0216. The highest BCUT2D eigenvalue weighted by atomic mass is 16.5. The molecule has 0 radical (unpaired) electrons. The van der Waals surface area contributed by atoms with E-state index >= 15 is 0 Å². The molecular formula is C18H28N4O4. The first kappa shape index (κ1) is 20.1. The number of piperidine rings is 1. The van der Waals surface area contributed by atoms with Crippen LogP contribution in [0.15, 0.2) is 17.8 Å². The van der Waals surface area contributed by atoms with Crippen LogP contribution in [0, 0.1) is 6.92 Å².